The van der Waals surface area contributed by atoms with Crippen molar-refractivity contribution in [2.24, 2.45) is 0 Å². The lowest BCUT2D eigenvalue weighted by atomic mass is 10.0. The van der Waals surface area contributed by atoms with Gasteiger partial charge in [0, 0.05) is 10.6 Å². The summed E-state index contributed by atoms with van der Waals surface area (Å²) in [7, 11) is 0. The number of hydrogen-bond donors (Lipinski definition) is 2. The van der Waals surface area contributed by atoms with E-state index in [1.54, 1.807) is 12.1 Å². The standard InChI is InChI=1S/C14H10ClF3N2/c15-11-3-2-9(14(16,17)18)6-10(11)8-1-4-12-13(5-8)20-7-19-12/h1-6,19-20H,7H2. The number of halogens is 4. The molecule has 0 aliphatic carbocycles. The molecule has 2 aromatic rings. The summed E-state index contributed by atoms with van der Waals surface area (Å²) in [5.74, 6) is 0. The lowest BCUT2D eigenvalue weighted by molar-refractivity contribution is -0.137. The van der Waals surface area contributed by atoms with Crippen molar-refractivity contribution < 1.29 is 13.2 Å². The number of rotatable bonds is 1. The third kappa shape index (κ3) is 2.29. The van der Waals surface area contributed by atoms with E-state index in [1.807, 2.05) is 6.07 Å². The lowest BCUT2D eigenvalue weighted by Gasteiger charge is -2.11. The average molecular weight is 299 g/mol. The third-order valence-corrected chi connectivity index (χ3v) is 3.51. The fourth-order valence-corrected chi connectivity index (χ4v) is 2.40. The number of anilines is 2. The van der Waals surface area contributed by atoms with Gasteiger partial charge in [0.2, 0.25) is 0 Å². The second kappa shape index (κ2) is 4.59. The molecule has 0 spiro atoms. The van der Waals surface area contributed by atoms with Crippen LogP contribution in [0.5, 0.6) is 0 Å². The monoisotopic (exact) mass is 298 g/mol. The van der Waals surface area contributed by atoms with Gasteiger partial charge in [0.1, 0.15) is 0 Å². The fourth-order valence-electron chi connectivity index (χ4n) is 2.17. The number of benzene rings is 2. The Morgan fingerprint density at radius 3 is 2.45 bits per heavy atom. The highest BCUT2D eigenvalue weighted by Gasteiger charge is 2.31. The predicted octanol–water partition coefficient (Wildman–Crippen LogP) is 4.82. The minimum atomic E-state index is -4.38. The van der Waals surface area contributed by atoms with E-state index in [9.17, 15) is 13.2 Å². The highest BCUT2D eigenvalue weighted by Crippen LogP contribution is 2.38. The first-order valence-electron chi connectivity index (χ1n) is 5.94. The van der Waals surface area contributed by atoms with Gasteiger partial charge >= 0.3 is 6.18 Å². The van der Waals surface area contributed by atoms with Crippen molar-refractivity contribution in [2.75, 3.05) is 17.3 Å². The molecule has 0 fully saturated rings. The molecule has 0 saturated heterocycles. The molecule has 104 valence electrons. The van der Waals surface area contributed by atoms with Crippen LogP contribution in [-0.4, -0.2) is 6.67 Å². The zero-order valence-electron chi connectivity index (χ0n) is 10.2. The fraction of sp³-hybridized carbons (Fsp3) is 0.143. The largest absolute Gasteiger partial charge is 0.416 e. The Morgan fingerprint density at radius 1 is 0.950 bits per heavy atom. The summed E-state index contributed by atoms with van der Waals surface area (Å²) < 4.78 is 38.3. The minimum absolute atomic E-state index is 0.295. The minimum Gasteiger partial charge on any atom is -0.366 e. The van der Waals surface area contributed by atoms with E-state index in [1.165, 1.54) is 6.07 Å². The molecule has 2 N–H and O–H groups in total. The molecular formula is C14H10ClF3N2. The van der Waals surface area contributed by atoms with Crippen LogP contribution in [0.2, 0.25) is 5.02 Å². The van der Waals surface area contributed by atoms with Crippen molar-refractivity contribution in [2.45, 2.75) is 6.18 Å². The molecule has 0 aromatic heterocycles. The van der Waals surface area contributed by atoms with Gasteiger partial charge in [0.05, 0.1) is 23.6 Å². The van der Waals surface area contributed by atoms with Crippen LogP contribution >= 0.6 is 11.6 Å². The third-order valence-electron chi connectivity index (χ3n) is 3.18. The summed E-state index contributed by atoms with van der Waals surface area (Å²) in [5.41, 5.74) is 2.10. The van der Waals surface area contributed by atoms with Gasteiger partial charge in [-0.25, -0.2) is 0 Å². The molecule has 0 radical (unpaired) electrons. The van der Waals surface area contributed by atoms with Crippen LogP contribution in [0, 0.1) is 0 Å². The smallest absolute Gasteiger partial charge is 0.366 e. The van der Waals surface area contributed by atoms with Gasteiger partial charge in [-0.2, -0.15) is 13.2 Å². The van der Waals surface area contributed by atoms with Crippen LogP contribution in [0.15, 0.2) is 36.4 Å². The zero-order chi connectivity index (χ0) is 14.3. The Bertz CT molecular complexity index is 668. The maximum absolute atomic E-state index is 12.8. The van der Waals surface area contributed by atoms with E-state index in [2.05, 4.69) is 10.6 Å². The molecule has 2 aromatic carbocycles. The second-order valence-corrected chi connectivity index (χ2v) is 4.89. The van der Waals surface area contributed by atoms with Crippen LogP contribution in [-0.2, 0) is 6.18 Å². The van der Waals surface area contributed by atoms with Crippen molar-refractivity contribution in [3.63, 3.8) is 0 Å². The van der Waals surface area contributed by atoms with Gasteiger partial charge < -0.3 is 10.6 Å². The SMILES string of the molecule is FC(F)(F)c1ccc(Cl)c(-c2ccc3c(c2)NCN3)c1. The van der Waals surface area contributed by atoms with Crippen LogP contribution < -0.4 is 10.6 Å². The van der Waals surface area contributed by atoms with Crippen LogP contribution in [0.1, 0.15) is 5.56 Å². The van der Waals surface area contributed by atoms with Crippen LogP contribution in [0.25, 0.3) is 11.1 Å². The van der Waals surface area contributed by atoms with E-state index < -0.39 is 11.7 Å². The molecule has 20 heavy (non-hydrogen) atoms. The predicted molar refractivity (Wildman–Crippen MR) is 74.0 cm³/mol. The molecule has 0 saturated carbocycles. The zero-order valence-corrected chi connectivity index (χ0v) is 10.9. The quantitative estimate of drug-likeness (QED) is 0.788. The Morgan fingerprint density at radius 2 is 1.70 bits per heavy atom. The van der Waals surface area contributed by atoms with E-state index >= 15 is 0 Å². The molecular weight excluding hydrogens is 289 g/mol. The number of nitrogens with one attached hydrogen (secondary N) is 2. The first kappa shape index (κ1) is 13.1. The average Bonchev–Trinajstić information content (AvgIpc) is 2.85. The molecule has 3 rings (SSSR count). The van der Waals surface area contributed by atoms with Crippen molar-refractivity contribution in [1.82, 2.24) is 0 Å². The normalized spacial score (nSPS) is 13.6. The first-order chi connectivity index (χ1) is 9.45. The number of alkyl halides is 3. The number of hydrogen-bond acceptors (Lipinski definition) is 2. The van der Waals surface area contributed by atoms with Crippen LogP contribution in [0.3, 0.4) is 0 Å². The van der Waals surface area contributed by atoms with E-state index in [-0.39, 0.29) is 0 Å². The van der Waals surface area contributed by atoms with E-state index in [4.69, 9.17) is 11.6 Å². The summed E-state index contributed by atoms with van der Waals surface area (Å²) in [6.07, 6.45) is -4.38. The van der Waals surface area contributed by atoms with Crippen molar-refractivity contribution in [3.8, 4) is 11.1 Å². The molecule has 6 heteroatoms. The Balaban J connectivity index is 2.09. The van der Waals surface area contributed by atoms with Gasteiger partial charge in [-0.15, -0.1) is 0 Å². The Kier molecular flexibility index (Phi) is 3.01. The van der Waals surface area contributed by atoms with Gasteiger partial charge in [-0.1, -0.05) is 17.7 Å². The highest BCUT2D eigenvalue weighted by molar-refractivity contribution is 6.33. The topological polar surface area (TPSA) is 24.1 Å². The summed E-state index contributed by atoms with van der Waals surface area (Å²) in [4.78, 5) is 0. The highest BCUT2D eigenvalue weighted by atomic mass is 35.5. The summed E-state index contributed by atoms with van der Waals surface area (Å²) in [6, 6.07) is 8.70. The molecule has 1 aliphatic rings. The second-order valence-electron chi connectivity index (χ2n) is 4.48. The van der Waals surface area contributed by atoms with Gasteiger partial charge in [-0.3, -0.25) is 0 Å². The molecule has 2 nitrogen and oxygen atoms in total. The summed E-state index contributed by atoms with van der Waals surface area (Å²) in [6.45, 7) is 0.606. The maximum atomic E-state index is 12.8. The van der Waals surface area contributed by atoms with E-state index in [0.29, 0.717) is 22.8 Å². The van der Waals surface area contributed by atoms with Gasteiger partial charge in [0.15, 0.2) is 0 Å². The molecule has 0 amide bonds. The molecule has 0 atom stereocenters. The van der Waals surface area contributed by atoms with Crippen molar-refractivity contribution in [3.05, 3.63) is 47.0 Å². The van der Waals surface area contributed by atoms with Crippen molar-refractivity contribution in [1.29, 1.82) is 0 Å². The van der Waals surface area contributed by atoms with E-state index in [0.717, 1.165) is 23.5 Å². The summed E-state index contributed by atoms with van der Waals surface area (Å²) >= 11 is 6.03. The first-order valence-corrected chi connectivity index (χ1v) is 6.32. The van der Waals surface area contributed by atoms with Crippen molar-refractivity contribution >= 4 is 23.0 Å². The Hall–Kier alpha value is -1.88. The lowest BCUT2D eigenvalue weighted by Crippen LogP contribution is -2.04. The van der Waals surface area contributed by atoms with Gasteiger partial charge in [-0.05, 0) is 35.9 Å². The van der Waals surface area contributed by atoms with Gasteiger partial charge in [0.25, 0.3) is 0 Å². The summed E-state index contributed by atoms with van der Waals surface area (Å²) in [5, 5.41) is 6.50. The maximum Gasteiger partial charge on any atom is 0.416 e. The van der Waals surface area contributed by atoms with Crippen LogP contribution in [0.4, 0.5) is 24.5 Å². The molecule has 0 bridgehead atoms. The Labute approximate surface area is 118 Å². The number of fused-ring (bicyclic) bond motifs is 1. The molecule has 0 unspecified atom stereocenters. The molecule has 1 heterocycles. The molecule has 1 aliphatic heterocycles.